The molecule has 4 N–H and O–H groups in total. The van der Waals surface area contributed by atoms with Gasteiger partial charge >= 0.3 is 65.4 Å². The van der Waals surface area contributed by atoms with Gasteiger partial charge in [0.15, 0.2) is 0 Å². The van der Waals surface area contributed by atoms with Crippen LogP contribution in [0.3, 0.4) is 0 Å². The van der Waals surface area contributed by atoms with E-state index in [4.69, 9.17) is 0 Å². The second-order valence-corrected chi connectivity index (χ2v) is 0. The normalized spacial score (nSPS) is 0. The minimum atomic E-state index is 0. The molecule has 6 heavy (non-hydrogen) atoms. The van der Waals surface area contributed by atoms with Crippen molar-refractivity contribution < 1.29 is 38.4 Å². The maximum atomic E-state index is 0. The van der Waals surface area contributed by atoms with E-state index in [0.717, 1.165) is 0 Å². The van der Waals surface area contributed by atoms with Crippen molar-refractivity contribution >= 4 is 48.9 Å². The third-order valence-corrected chi connectivity index (χ3v) is 0. The van der Waals surface area contributed by atoms with Gasteiger partial charge in [0.1, 0.15) is 0 Å². The molecule has 0 aromatic heterocycles. The van der Waals surface area contributed by atoms with Gasteiger partial charge in [0.05, 0.1) is 0 Å². The molecule has 0 saturated carbocycles. The molecule has 0 aliphatic rings. The molecule has 0 saturated heterocycles. The van der Waals surface area contributed by atoms with Crippen LogP contribution in [0.1, 0.15) is 0 Å². The fourth-order valence-electron chi connectivity index (χ4n) is 0. The van der Waals surface area contributed by atoms with Crippen LogP contribution in [-0.2, 0) is 16.5 Å². The van der Waals surface area contributed by atoms with Crippen molar-refractivity contribution in [3.63, 3.8) is 0 Å². The summed E-state index contributed by atoms with van der Waals surface area (Å²) < 4.78 is 0. The van der Waals surface area contributed by atoms with E-state index in [0.29, 0.717) is 0 Å². The maximum absolute atomic E-state index is 0. The van der Waals surface area contributed by atoms with Gasteiger partial charge in [0.25, 0.3) is 0 Å². The molecule has 0 bridgehead atoms. The molecular formula is H4BaNiO4. The fourth-order valence-corrected chi connectivity index (χ4v) is 0. The summed E-state index contributed by atoms with van der Waals surface area (Å²) in [5.41, 5.74) is 0. The quantitative estimate of drug-likeness (QED) is 0.516. The van der Waals surface area contributed by atoms with E-state index in [2.05, 4.69) is 0 Å². The van der Waals surface area contributed by atoms with Crippen molar-refractivity contribution in [1.82, 2.24) is 0 Å². The molecule has 0 spiro atoms. The first kappa shape index (κ1) is 104. The molecule has 0 aromatic rings. The van der Waals surface area contributed by atoms with E-state index >= 15 is 0 Å². The van der Waals surface area contributed by atoms with E-state index in [1.54, 1.807) is 0 Å². The predicted octanol–water partition coefficient (Wildman–Crippen LogP) is -1.09. The van der Waals surface area contributed by atoms with Gasteiger partial charge in [-0.2, -0.15) is 0 Å². The van der Waals surface area contributed by atoms with Crippen molar-refractivity contribution in [1.29, 1.82) is 0 Å². The van der Waals surface area contributed by atoms with Crippen molar-refractivity contribution in [2.75, 3.05) is 0 Å². The Morgan fingerprint density at radius 3 is 0.500 bits per heavy atom. The zero-order valence-electron chi connectivity index (χ0n) is 2.81. The molecule has 4 nitrogen and oxygen atoms in total. The minimum Gasteiger partial charge on any atom is -0.870 e. The molecule has 0 radical (unpaired) electrons. The fraction of sp³-hybridized carbons (Fsp3) is 0. The standard InChI is InChI=1S/Ba.Ni.4H2O/h;;4*1H2/q2*+2;;;;/p-4. The Morgan fingerprint density at radius 1 is 0.500 bits per heavy atom. The first-order chi connectivity index (χ1) is 0. The SMILES string of the molecule is [Ba+2].[Ni+2].[OH-].[OH-].[OH-].[OH-]. The third-order valence-electron chi connectivity index (χ3n) is 0. The number of hydrogen-bond acceptors (Lipinski definition) is 4. The summed E-state index contributed by atoms with van der Waals surface area (Å²) in [4.78, 5) is 0. The van der Waals surface area contributed by atoms with Crippen LogP contribution in [0.15, 0.2) is 0 Å². The zero-order valence-corrected chi connectivity index (χ0v) is 8.24. The van der Waals surface area contributed by atoms with Crippen LogP contribution in [0.2, 0.25) is 0 Å². The van der Waals surface area contributed by atoms with Gasteiger partial charge in [-0.1, -0.05) is 0 Å². The largest absolute Gasteiger partial charge is 2.00 e. The van der Waals surface area contributed by atoms with E-state index in [9.17, 15) is 0 Å². The average Bonchev–Trinajstić information content (AvgIpc) is 0. The van der Waals surface area contributed by atoms with Gasteiger partial charge in [0.2, 0.25) is 0 Å². The molecular weight excluding hydrogens is 260 g/mol. The van der Waals surface area contributed by atoms with E-state index in [1.807, 2.05) is 0 Å². The second kappa shape index (κ2) is 66.3. The summed E-state index contributed by atoms with van der Waals surface area (Å²) in [6, 6.07) is 0. The van der Waals surface area contributed by atoms with E-state index in [-0.39, 0.29) is 87.3 Å². The summed E-state index contributed by atoms with van der Waals surface area (Å²) >= 11 is 0. The van der Waals surface area contributed by atoms with Gasteiger partial charge in [0, 0.05) is 0 Å². The smallest absolute Gasteiger partial charge is 0.870 e. The monoisotopic (exact) mass is 264 g/mol. The first-order valence-electron chi connectivity index (χ1n) is 0. The molecule has 0 fully saturated rings. The summed E-state index contributed by atoms with van der Waals surface area (Å²) in [7, 11) is 0. The van der Waals surface area contributed by atoms with Gasteiger partial charge < -0.3 is 21.9 Å². The van der Waals surface area contributed by atoms with Crippen LogP contribution in [-0.4, -0.2) is 70.8 Å². The second-order valence-electron chi connectivity index (χ2n) is 0. The minimum absolute atomic E-state index is 0. The molecule has 0 rings (SSSR count). The van der Waals surface area contributed by atoms with Crippen LogP contribution in [0.5, 0.6) is 0 Å². The molecule has 0 amide bonds. The predicted molar refractivity (Wildman–Crippen MR) is 13.5 cm³/mol. The molecule has 0 heterocycles. The van der Waals surface area contributed by atoms with E-state index < -0.39 is 0 Å². The molecule has 0 unspecified atom stereocenters. The molecule has 0 aromatic carbocycles. The van der Waals surface area contributed by atoms with Gasteiger partial charge in [-0.05, 0) is 0 Å². The average molecular weight is 264 g/mol. The number of rotatable bonds is 0. The Labute approximate surface area is 85.9 Å². The maximum Gasteiger partial charge on any atom is 2.00 e. The van der Waals surface area contributed by atoms with Crippen molar-refractivity contribution in [3.05, 3.63) is 0 Å². The third kappa shape index (κ3) is 39.1. The topological polar surface area (TPSA) is 120 Å². The summed E-state index contributed by atoms with van der Waals surface area (Å²) in [5, 5.41) is 0. The van der Waals surface area contributed by atoms with Crippen molar-refractivity contribution in [3.8, 4) is 0 Å². The van der Waals surface area contributed by atoms with Crippen LogP contribution >= 0.6 is 0 Å². The Morgan fingerprint density at radius 2 is 0.500 bits per heavy atom. The van der Waals surface area contributed by atoms with Crippen LogP contribution in [0.25, 0.3) is 0 Å². The molecule has 0 aliphatic carbocycles. The van der Waals surface area contributed by atoms with Crippen LogP contribution in [0, 0.1) is 0 Å². The van der Waals surface area contributed by atoms with Crippen molar-refractivity contribution in [2.24, 2.45) is 0 Å². The van der Waals surface area contributed by atoms with Crippen LogP contribution in [0.4, 0.5) is 0 Å². The van der Waals surface area contributed by atoms with Gasteiger partial charge in [-0.15, -0.1) is 0 Å². The Balaban J connectivity index is 0. The zero-order chi connectivity index (χ0) is 0. The summed E-state index contributed by atoms with van der Waals surface area (Å²) in [5.74, 6) is 0. The number of hydrogen-bond donors (Lipinski definition) is 0. The molecule has 0 atom stereocenters. The summed E-state index contributed by atoms with van der Waals surface area (Å²) in [6.45, 7) is 0. The molecule has 6 heteroatoms. The Hall–Kier alpha value is 1.90. The Bertz CT molecular complexity index is 7.51. The van der Waals surface area contributed by atoms with Gasteiger partial charge in [-0.25, -0.2) is 0 Å². The van der Waals surface area contributed by atoms with E-state index in [1.165, 1.54) is 0 Å². The molecule has 0 aliphatic heterocycles. The Kier molecular flexibility index (Phi) is 1150. The van der Waals surface area contributed by atoms with Crippen molar-refractivity contribution in [2.45, 2.75) is 0 Å². The van der Waals surface area contributed by atoms with Crippen LogP contribution < -0.4 is 0 Å². The summed E-state index contributed by atoms with van der Waals surface area (Å²) in [6.07, 6.45) is 0. The first-order valence-corrected chi connectivity index (χ1v) is 0. The van der Waals surface area contributed by atoms with Gasteiger partial charge in [-0.3, -0.25) is 0 Å². The molecule has 40 valence electrons.